The molecule has 1 aliphatic heterocycles. The predicted molar refractivity (Wildman–Crippen MR) is 99.1 cm³/mol. The highest BCUT2D eigenvalue weighted by Gasteiger charge is 2.50. The summed E-state index contributed by atoms with van der Waals surface area (Å²) in [4.78, 5) is 15.0. The Kier molecular flexibility index (Phi) is 4.75. The number of sulfonamides is 1. The molecule has 0 radical (unpaired) electrons. The van der Waals surface area contributed by atoms with E-state index in [-0.39, 0.29) is 22.8 Å². The number of hydrogen-bond acceptors (Lipinski definition) is 4. The number of carbonyl (C=O) groups is 1. The molecule has 6 nitrogen and oxygen atoms in total. The summed E-state index contributed by atoms with van der Waals surface area (Å²) in [5.41, 5.74) is 6.29. The maximum atomic E-state index is 12.9. The maximum Gasteiger partial charge on any atom is 0.243 e. The largest absolute Gasteiger partial charge is 0.340 e. The van der Waals surface area contributed by atoms with Gasteiger partial charge in [0.2, 0.25) is 15.9 Å². The van der Waals surface area contributed by atoms with Gasteiger partial charge in [-0.1, -0.05) is 11.6 Å². The number of amides is 1. The van der Waals surface area contributed by atoms with Crippen LogP contribution in [0.1, 0.15) is 19.3 Å². The zero-order valence-corrected chi connectivity index (χ0v) is 16.1. The Labute approximate surface area is 159 Å². The lowest BCUT2D eigenvalue weighted by molar-refractivity contribution is -0.139. The van der Waals surface area contributed by atoms with E-state index < -0.39 is 10.0 Å². The molecule has 142 valence electrons. The second kappa shape index (κ2) is 6.78. The van der Waals surface area contributed by atoms with Crippen LogP contribution in [-0.2, 0) is 14.8 Å². The van der Waals surface area contributed by atoms with Crippen LogP contribution in [0.15, 0.2) is 29.2 Å². The topological polar surface area (TPSA) is 83.7 Å². The Bertz CT molecular complexity index is 788. The van der Waals surface area contributed by atoms with Crippen LogP contribution in [0, 0.1) is 17.8 Å². The third kappa shape index (κ3) is 3.05. The molecule has 2 bridgehead atoms. The first-order valence-electron chi connectivity index (χ1n) is 9.18. The molecule has 3 fully saturated rings. The van der Waals surface area contributed by atoms with Crippen LogP contribution in [0.3, 0.4) is 0 Å². The molecule has 0 aromatic heterocycles. The van der Waals surface area contributed by atoms with Gasteiger partial charge in [-0.2, -0.15) is 4.31 Å². The number of halogens is 1. The molecule has 8 heteroatoms. The van der Waals surface area contributed by atoms with Crippen LogP contribution < -0.4 is 5.73 Å². The van der Waals surface area contributed by atoms with E-state index in [0.29, 0.717) is 43.0 Å². The van der Waals surface area contributed by atoms with E-state index >= 15 is 0 Å². The van der Waals surface area contributed by atoms with E-state index in [1.54, 1.807) is 17.0 Å². The second-order valence-electron chi connectivity index (χ2n) is 7.62. The Morgan fingerprint density at radius 1 is 1.04 bits per heavy atom. The van der Waals surface area contributed by atoms with Gasteiger partial charge in [-0.15, -0.1) is 0 Å². The summed E-state index contributed by atoms with van der Waals surface area (Å²) in [5.74, 6) is 0.945. The Balaban J connectivity index is 1.41. The maximum absolute atomic E-state index is 12.9. The standard InChI is InChI=1S/C18H24ClN3O3S/c19-14-3-5-15(6-4-14)26(24,25)22-9-7-21(8-10-22)18(23)16-12-1-2-13(11-12)17(16)20/h3-6,12-13,16-17H,1-2,7-11,20H2. The number of piperazine rings is 1. The van der Waals surface area contributed by atoms with Gasteiger partial charge in [0.1, 0.15) is 0 Å². The fraction of sp³-hybridized carbons (Fsp3) is 0.611. The minimum Gasteiger partial charge on any atom is -0.340 e. The lowest BCUT2D eigenvalue weighted by Gasteiger charge is -2.38. The average molecular weight is 398 g/mol. The molecule has 2 N–H and O–H groups in total. The molecular weight excluding hydrogens is 374 g/mol. The van der Waals surface area contributed by atoms with E-state index in [1.807, 2.05) is 0 Å². The zero-order valence-electron chi connectivity index (χ0n) is 14.6. The van der Waals surface area contributed by atoms with Gasteiger partial charge < -0.3 is 10.6 Å². The van der Waals surface area contributed by atoms with Crippen molar-refractivity contribution in [1.82, 2.24) is 9.21 Å². The minimum atomic E-state index is -3.55. The number of rotatable bonds is 3. The molecule has 3 aliphatic rings. The van der Waals surface area contributed by atoms with Crippen molar-refractivity contribution in [3.05, 3.63) is 29.3 Å². The molecule has 0 spiro atoms. The van der Waals surface area contributed by atoms with Crippen LogP contribution in [0.25, 0.3) is 0 Å². The number of nitrogens with two attached hydrogens (primary N) is 1. The average Bonchev–Trinajstić information content (AvgIpc) is 3.23. The first-order valence-corrected chi connectivity index (χ1v) is 11.0. The normalized spacial score (nSPS) is 32.2. The van der Waals surface area contributed by atoms with E-state index in [0.717, 1.165) is 19.3 Å². The lowest BCUT2D eigenvalue weighted by atomic mass is 9.84. The summed E-state index contributed by atoms with van der Waals surface area (Å²) in [6.07, 6.45) is 3.31. The van der Waals surface area contributed by atoms with Gasteiger partial charge in [-0.3, -0.25) is 4.79 Å². The van der Waals surface area contributed by atoms with Crippen LogP contribution >= 0.6 is 11.6 Å². The summed E-state index contributed by atoms with van der Waals surface area (Å²) >= 11 is 5.84. The van der Waals surface area contributed by atoms with Crippen molar-refractivity contribution in [3.8, 4) is 0 Å². The first-order chi connectivity index (χ1) is 12.4. The van der Waals surface area contributed by atoms with Crippen LogP contribution in [0.2, 0.25) is 5.02 Å². The van der Waals surface area contributed by atoms with Gasteiger partial charge in [-0.05, 0) is 55.4 Å². The molecule has 2 aliphatic carbocycles. The van der Waals surface area contributed by atoms with E-state index in [4.69, 9.17) is 17.3 Å². The number of nitrogens with zero attached hydrogens (tertiary/aromatic N) is 2. The fourth-order valence-corrected chi connectivity index (χ4v) is 6.37. The van der Waals surface area contributed by atoms with Crippen molar-refractivity contribution in [2.75, 3.05) is 26.2 Å². The molecule has 1 saturated heterocycles. The summed E-state index contributed by atoms with van der Waals surface area (Å²) in [6, 6.07) is 6.15. The third-order valence-corrected chi connectivity index (χ3v) is 8.43. The van der Waals surface area contributed by atoms with Gasteiger partial charge in [0.05, 0.1) is 10.8 Å². The van der Waals surface area contributed by atoms with E-state index in [2.05, 4.69) is 0 Å². The number of fused-ring (bicyclic) bond motifs is 2. The minimum absolute atomic E-state index is 0.0305. The monoisotopic (exact) mass is 397 g/mol. The molecule has 4 rings (SSSR count). The fourth-order valence-electron chi connectivity index (χ4n) is 4.82. The molecule has 1 aromatic rings. The van der Waals surface area contributed by atoms with Gasteiger partial charge in [0.25, 0.3) is 0 Å². The molecule has 26 heavy (non-hydrogen) atoms. The van der Waals surface area contributed by atoms with E-state index in [1.165, 1.54) is 16.4 Å². The highest BCUT2D eigenvalue weighted by molar-refractivity contribution is 7.89. The molecule has 1 aromatic carbocycles. The van der Waals surface area contributed by atoms with Gasteiger partial charge in [0, 0.05) is 37.2 Å². The van der Waals surface area contributed by atoms with Crippen molar-refractivity contribution >= 4 is 27.5 Å². The quantitative estimate of drug-likeness (QED) is 0.838. The second-order valence-corrected chi connectivity index (χ2v) is 9.99. The number of benzene rings is 1. The van der Waals surface area contributed by atoms with Crippen molar-refractivity contribution in [2.45, 2.75) is 30.2 Å². The Morgan fingerprint density at radius 3 is 2.23 bits per heavy atom. The predicted octanol–water partition coefficient (Wildman–Crippen LogP) is 1.55. The van der Waals surface area contributed by atoms with Crippen molar-refractivity contribution in [1.29, 1.82) is 0 Å². The van der Waals surface area contributed by atoms with Gasteiger partial charge in [0.15, 0.2) is 0 Å². The van der Waals surface area contributed by atoms with Crippen LogP contribution in [-0.4, -0.2) is 55.8 Å². The molecular formula is C18H24ClN3O3S. The van der Waals surface area contributed by atoms with Crippen molar-refractivity contribution in [2.24, 2.45) is 23.5 Å². The van der Waals surface area contributed by atoms with Crippen LogP contribution in [0.4, 0.5) is 0 Å². The number of carbonyl (C=O) groups excluding carboxylic acids is 1. The van der Waals surface area contributed by atoms with E-state index in [9.17, 15) is 13.2 Å². The SMILES string of the molecule is NC1C2CCC(C2)C1C(=O)N1CCN(S(=O)(=O)c2ccc(Cl)cc2)CC1. The third-order valence-electron chi connectivity index (χ3n) is 6.27. The van der Waals surface area contributed by atoms with Crippen molar-refractivity contribution in [3.63, 3.8) is 0 Å². The Hall–Kier alpha value is -1.15. The lowest BCUT2D eigenvalue weighted by Crippen LogP contribution is -2.54. The van der Waals surface area contributed by atoms with Crippen LogP contribution in [0.5, 0.6) is 0 Å². The smallest absolute Gasteiger partial charge is 0.243 e. The summed E-state index contributed by atoms with van der Waals surface area (Å²) in [5, 5.41) is 0.501. The number of hydrogen-bond donors (Lipinski definition) is 1. The summed E-state index contributed by atoms with van der Waals surface area (Å²) in [6.45, 7) is 1.47. The summed E-state index contributed by atoms with van der Waals surface area (Å²) < 4.78 is 26.9. The van der Waals surface area contributed by atoms with Crippen molar-refractivity contribution < 1.29 is 13.2 Å². The molecule has 2 saturated carbocycles. The highest BCUT2D eigenvalue weighted by Crippen LogP contribution is 2.48. The zero-order chi connectivity index (χ0) is 18.5. The highest BCUT2D eigenvalue weighted by atomic mass is 35.5. The molecule has 1 amide bonds. The van der Waals surface area contributed by atoms with Gasteiger partial charge in [-0.25, -0.2) is 8.42 Å². The molecule has 1 heterocycles. The van der Waals surface area contributed by atoms with Gasteiger partial charge >= 0.3 is 0 Å². The Morgan fingerprint density at radius 2 is 1.65 bits per heavy atom. The molecule has 4 unspecified atom stereocenters. The molecule has 4 atom stereocenters. The first kappa shape index (κ1) is 18.2. The summed E-state index contributed by atoms with van der Waals surface area (Å²) in [7, 11) is -3.55.